The van der Waals surface area contributed by atoms with Crippen LogP contribution < -0.4 is 0 Å². The second kappa shape index (κ2) is 4.29. The van der Waals surface area contributed by atoms with Gasteiger partial charge in [-0.1, -0.05) is 50.2 Å². The fourth-order valence-corrected chi connectivity index (χ4v) is 1.75. The van der Waals surface area contributed by atoms with Crippen LogP contribution in [0.1, 0.15) is 36.9 Å². The van der Waals surface area contributed by atoms with Crippen molar-refractivity contribution < 1.29 is 14.4 Å². The molecule has 0 atom stereocenters. The number of rotatable bonds is 2. The molecule has 18 heavy (non-hydrogen) atoms. The minimum Gasteiger partial charge on any atom is -0.475 e. The zero-order valence-electron chi connectivity index (χ0n) is 10.6. The number of nitrogens with zero attached hydrogens (tertiary/aromatic N) is 1. The summed E-state index contributed by atoms with van der Waals surface area (Å²) in [5, 5.41) is 12.5. The van der Waals surface area contributed by atoms with E-state index in [2.05, 4.69) is 25.9 Å². The van der Waals surface area contributed by atoms with Crippen LogP contribution in [0.4, 0.5) is 0 Å². The van der Waals surface area contributed by atoms with Gasteiger partial charge in [-0.3, -0.25) is 0 Å². The predicted molar refractivity (Wildman–Crippen MR) is 67.6 cm³/mol. The summed E-state index contributed by atoms with van der Waals surface area (Å²) in [5.74, 6) is -1.24. The van der Waals surface area contributed by atoms with Crippen molar-refractivity contribution >= 4 is 5.97 Å². The number of carbonyl (C=O) groups is 1. The van der Waals surface area contributed by atoms with E-state index in [-0.39, 0.29) is 11.2 Å². The van der Waals surface area contributed by atoms with Crippen molar-refractivity contribution in [1.29, 1.82) is 0 Å². The van der Waals surface area contributed by atoms with Gasteiger partial charge in [0.15, 0.2) is 0 Å². The molecule has 0 amide bonds. The van der Waals surface area contributed by atoms with E-state index in [9.17, 15) is 4.79 Å². The molecule has 0 saturated heterocycles. The number of hydrogen-bond acceptors (Lipinski definition) is 3. The maximum absolute atomic E-state index is 10.9. The molecule has 0 unspecified atom stereocenters. The van der Waals surface area contributed by atoms with Crippen LogP contribution >= 0.6 is 0 Å². The fourth-order valence-electron chi connectivity index (χ4n) is 1.75. The minimum absolute atomic E-state index is 0.0722. The lowest BCUT2D eigenvalue weighted by molar-refractivity contribution is 0.0653. The average Bonchev–Trinajstić information content (AvgIpc) is 2.77. The van der Waals surface area contributed by atoms with Crippen molar-refractivity contribution in [2.24, 2.45) is 0 Å². The van der Waals surface area contributed by atoms with Crippen molar-refractivity contribution in [1.82, 2.24) is 5.16 Å². The lowest BCUT2D eigenvalue weighted by atomic mass is 9.86. The van der Waals surface area contributed by atoms with Crippen molar-refractivity contribution in [3.63, 3.8) is 0 Å². The average molecular weight is 245 g/mol. The molecule has 0 radical (unpaired) electrons. The molecule has 4 nitrogen and oxygen atoms in total. The first-order valence-electron chi connectivity index (χ1n) is 5.68. The number of aromatic nitrogens is 1. The largest absolute Gasteiger partial charge is 0.475 e. The second-order valence-corrected chi connectivity index (χ2v) is 5.20. The van der Waals surface area contributed by atoms with Gasteiger partial charge in [0.1, 0.15) is 0 Å². The molecular formula is C14H15NO3. The van der Waals surface area contributed by atoms with Gasteiger partial charge < -0.3 is 9.63 Å². The molecule has 0 aliphatic heterocycles. The zero-order chi connectivity index (χ0) is 13.3. The molecule has 1 N–H and O–H groups in total. The Hall–Kier alpha value is -2.10. The second-order valence-electron chi connectivity index (χ2n) is 5.20. The highest BCUT2D eigenvalue weighted by molar-refractivity contribution is 5.92. The van der Waals surface area contributed by atoms with Gasteiger partial charge >= 0.3 is 5.97 Å². The summed E-state index contributed by atoms with van der Waals surface area (Å²) in [7, 11) is 0. The van der Waals surface area contributed by atoms with Crippen LogP contribution in [0, 0.1) is 0 Å². The van der Waals surface area contributed by atoms with Crippen LogP contribution in [0.25, 0.3) is 11.1 Å². The normalized spacial score (nSPS) is 11.5. The van der Waals surface area contributed by atoms with Crippen LogP contribution in [0.3, 0.4) is 0 Å². The van der Waals surface area contributed by atoms with Gasteiger partial charge in [-0.2, -0.15) is 0 Å². The Kier molecular flexibility index (Phi) is 2.95. The first kappa shape index (κ1) is 12.4. The lowest BCUT2D eigenvalue weighted by Crippen LogP contribution is -2.10. The van der Waals surface area contributed by atoms with Gasteiger partial charge in [-0.15, -0.1) is 0 Å². The van der Waals surface area contributed by atoms with E-state index in [1.165, 1.54) is 11.8 Å². The monoisotopic (exact) mass is 245 g/mol. The molecule has 94 valence electrons. The van der Waals surface area contributed by atoms with Crippen LogP contribution in [0.2, 0.25) is 0 Å². The van der Waals surface area contributed by atoms with Crippen molar-refractivity contribution in [2.75, 3.05) is 0 Å². The first-order valence-corrected chi connectivity index (χ1v) is 5.68. The smallest absolute Gasteiger partial charge is 0.375 e. The number of hydrogen-bond donors (Lipinski definition) is 1. The van der Waals surface area contributed by atoms with Crippen molar-refractivity contribution in [3.8, 4) is 11.1 Å². The Balaban J connectivity index is 2.41. The maximum Gasteiger partial charge on any atom is 0.375 e. The maximum atomic E-state index is 10.9. The molecule has 1 aromatic carbocycles. The number of carboxylic acid groups (broad SMARTS) is 1. The Morgan fingerprint density at radius 2 is 1.83 bits per heavy atom. The predicted octanol–water partition coefficient (Wildman–Crippen LogP) is 3.34. The Morgan fingerprint density at radius 1 is 1.22 bits per heavy atom. The van der Waals surface area contributed by atoms with Gasteiger partial charge in [-0.05, 0) is 16.5 Å². The van der Waals surface area contributed by atoms with Gasteiger partial charge in [0.25, 0.3) is 5.76 Å². The molecule has 4 heteroatoms. The van der Waals surface area contributed by atoms with E-state index < -0.39 is 5.97 Å². The summed E-state index contributed by atoms with van der Waals surface area (Å²) in [6.07, 6.45) is 1.43. The summed E-state index contributed by atoms with van der Waals surface area (Å²) in [5.41, 5.74) is 2.56. The quantitative estimate of drug-likeness (QED) is 0.881. The van der Waals surface area contributed by atoms with Crippen LogP contribution in [0.5, 0.6) is 0 Å². The molecule has 1 heterocycles. The van der Waals surface area contributed by atoms with Gasteiger partial charge in [0.05, 0.1) is 11.8 Å². The Morgan fingerprint density at radius 3 is 2.33 bits per heavy atom. The van der Waals surface area contributed by atoms with Crippen LogP contribution in [-0.2, 0) is 5.41 Å². The number of carboxylic acids is 1. The fraction of sp³-hybridized carbons (Fsp3) is 0.286. The highest BCUT2D eigenvalue weighted by atomic mass is 16.5. The van der Waals surface area contributed by atoms with Crippen molar-refractivity contribution in [3.05, 3.63) is 41.8 Å². The number of benzene rings is 1. The summed E-state index contributed by atoms with van der Waals surface area (Å²) < 4.78 is 4.73. The highest BCUT2D eigenvalue weighted by Crippen LogP contribution is 2.27. The molecular weight excluding hydrogens is 230 g/mol. The lowest BCUT2D eigenvalue weighted by Gasteiger charge is -2.18. The molecule has 1 aromatic heterocycles. The Labute approximate surface area is 105 Å². The van der Waals surface area contributed by atoms with E-state index in [1.54, 1.807) is 0 Å². The van der Waals surface area contributed by atoms with E-state index in [4.69, 9.17) is 9.63 Å². The van der Waals surface area contributed by atoms with Gasteiger partial charge in [0, 0.05) is 0 Å². The molecule has 0 bridgehead atoms. The van der Waals surface area contributed by atoms with Crippen molar-refractivity contribution in [2.45, 2.75) is 26.2 Å². The minimum atomic E-state index is -1.11. The molecule has 0 fully saturated rings. The zero-order valence-corrected chi connectivity index (χ0v) is 10.6. The topological polar surface area (TPSA) is 63.3 Å². The summed E-state index contributed by atoms with van der Waals surface area (Å²) >= 11 is 0. The van der Waals surface area contributed by atoms with E-state index in [1.807, 2.05) is 24.3 Å². The van der Waals surface area contributed by atoms with Gasteiger partial charge in [0.2, 0.25) is 0 Å². The van der Waals surface area contributed by atoms with Crippen LogP contribution in [0.15, 0.2) is 35.0 Å². The summed E-state index contributed by atoms with van der Waals surface area (Å²) in [6, 6.07) is 7.76. The first-order chi connectivity index (χ1) is 8.39. The van der Waals surface area contributed by atoms with E-state index in [0.29, 0.717) is 5.56 Å². The third kappa shape index (κ3) is 2.27. The van der Waals surface area contributed by atoms with E-state index in [0.717, 1.165) is 5.56 Å². The molecule has 2 rings (SSSR count). The Bertz CT molecular complexity index is 561. The number of aromatic carboxylic acids is 1. The SMILES string of the molecule is CC(C)(C)c1ccc(-c2cnoc2C(=O)O)cc1. The summed E-state index contributed by atoms with van der Waals surface area (Å²) in [4.78, 5) is 10.9. The highest BCUT2D eigenvalue weighted by Gasteiger charge is 2.18. The van der Waals surface area contributed by atoms with E-state index >= 15 is 0 Å². The molecule has 0 spiro atoms. The third-order valence-corrected chi connectivity index (χ3v) is 2.83. The molecule has 0 saturated carbocycles. The van der Waals surface area contributed by atoms with Crippen LogP contribution in [-0.4, -0.2) is 16.2 Å². The summed E-state index contributed by atoms with van der Waals surface area (Å²) in [6.45, 7) is 6.39. The van der Waals surface area contributed by atoms with Gasteiger partial charge in [-0.25, -0.2) is 4.79 Å². The molecule has 0 aliphatic rings. The molecule has 0 aliphatic carbocycles. The standard InChI is InChI=1S/C14H15NO3/c1-14(2,3)10-6-4-9(5-7-10)11-8-15-18-12(11)13(16)17/h4-8H,1-3H3,(H,16,17). The third-order valence-electron chi connectivity index (χ3n) is 2.83. The molecule has 2 aromatic rings.